The second-order valence-electron chi connectivity index (χ2n) is 7.38. The largest absolute Gasteiger partial charge is 0.325 e. The fourth-order valence-electron chi connectivity index (χ4n) is 1.86. The molecule has 2 amide bonds. The van der Waals surface area contributed by atoms with Gasteiger partial charge in [0.2, 0.25) is 0 Å². The van der Waals surface area contributed by atoms with Crippen LogP contribution in [0.1, 0.15) is 34.6 Å². The van der Waals surface area contributed by atoms with Crippen molar-refractivity contribution in [2.24, 2.45) is 10.4 Å². The van der Waals surface area contributed by atoms with Crippen LogP contribution in [0, 0.1) is 17.0 Å². The molecule has 9 heteroatoms. The number of rotatable bonds is 6. The Morgan fingerprint density at radius 1 is 1.24 bits per heavy atom. The van der Waals surface area contributed by atoms with E-state index in [9.17, 15) is 13.6 Å². The molecule has 0 spiro atoms. The molecule has 2 rings (SSSR count). The highest BCUT2D eigenvalue weighted by atomic mass is 32.2. The predicted molar refractivity (Wildman–Crippen MR) is 118 cm³/mol. The highest BCUT2D eigenvalue weighted by Gasteiger charge is 2.14. The summed E-state index contributed by atoms with van der Waals surface area (Å²) in [7, 11) is 0. The molecule has 29 heavy (non-hydrogen) atoms. The molecule has 0 radical (unpaired) electrons. The van der Waals surface area contributed by atoms with Gasteiger partial charge >= 0.3 is 6.03 Å². The van der Waals surface area contributed by atoms with Crippen LogP contribution in [-0.4, -0.2) is 22.5 Å². The van der Waals surface area contributed by atoms with E-state index in [2.05, 4.69) is 48.3 Å². The summed E-state index contributed by atoms with van der Waals surface area (Å²) >= 11 is 2.82. The van der Waals surface area contributed by atoms with Crippen LogP contribution in [0.15, 0.2) is 45.4 Å². The lowest BCUT2D eigenvalue weighted by Crippen LogP contribution is -2.20. The van der Waals surface area contributed by atoms with Gasteiger partial charge in [-0.3, -0.25) is 10.3 Å². The van der Waals surface area contributed by atoms with Crippen LogP contribution < -0.4 is 10.6 Å². The van der Waals surface area contributed by atoms with Crippen molar-refractivity contribution in [3.63, 3.8) is 0 Å². The van der Waals surface area contributed by atoms with Crippen LogP contribution in [0.25, 0.3) is 0 Å². The third-order valence-electron chi connectivity index (χ3n) is 3.99. The number of halogens is 2. The number of carbonyl (C=O) groups excluding carboxylic acids is 1. The Morgan fingerprint density at radius 2 is 1.90 bits per heavy atom. The summed E-state index contributed by atoms with van der Waals surface area (Å²) in [5.74, 6) is -1.01. The summed E-state index contributed by atoms with van der Waals surface area (Å²) in [5.41, 5.74) is 1.75. The first-order chi connectivity index (χ1) is 13.6. The van der Waals surface area contributed by atoms with Crippen molar-refractivity contribution in [3.05, 3.63) is 47.8 Å². The van der Waals surface area contributed by atoms with Gasteiger partial charge in [0.05, 0.1) is 10.4 Å². The first kappa shape index (κ1) is 23.0. The quantitative estimate of drug-likeness (QED) is 0.396. The summed E-state index contributed by atoms with van der Waals surface area (Å²) < 4.78 is 28.1. The summed E-state index contributed by atoms with van der Waals surface area (Å²) in [5, 5.41) is 4.97. The third-order valence-corrected chi connectivity index (χ3v) is 6.25. The Labute approximate surface area is 177 Å². The third kappa shape index (κ3) is 7.25. The molecule has 0 fully saturated rings. The van der Waals surface area contributed by atoms with E-state index in [1.165, 1.54) is 23.0 Å². The predicted octanol–water partition coefficient (Wildman–Crippen LogP) is 6.57. The van der Waals surface area contributed by atoms with Gasteiger partial charge in [0, 0.05) is 17.7 Å². The number of benzene rings is 1. The topological polar surface area (TPSA) is 66.4 Å². The fraction of sp³-hybridized carbons (Fsp3) is 0.350. The lowest BCUT2D eigenvalue weighted by molar-refractivity contribution is 0.262. The van der Waals surface area contributed by atoms with E-state index in [0.29, 0.717) is 10.9 Å². The minimum absolute atomic E-state index is 0.0846. The first-order valence-corrected chi connectivity index (χ1v) is 10.7. The number of hydrogen-bond donors (Lipinski definition) is 2. The molecule has 2 N–H and O–H groups in total. The number of aromatic nitrogens is 1. The monoisotopic (exact) mass is 438 g/mol. The van der Waals surface area contributed by atoms with Crippen molar-refractivity contribution in [3.8, 4) is 0 Å². The number of allylic oxidation sites excluding steroid dienone is 1. The van der Waals surface area contributed by atoms with Crippen LogP contribution in [0.3, 0.4) is 0 Å². The molecule has 1 aromatic carbocycles. The van der Waals surface area contributed by atoms with Gasteiger partial charge in [-0.1, -0.05) is 38.2 Å². The Bertz CT molecular complexity index is 913. The van der Waals surface area contributed by atoms with Gasteiger partial charge in [-0.15, -0.1) is 11.8 Å². The molecule has 2 aromatic rings. The van der Waals surface area contributed by atoms with Crippen LogP contribution in [0.2, 0.25) is 0 Å². The number of nitrogens with zero attached hydrogens (tertiary/aromatic N) is 2. The lowest BCUT2D eigenvalue weighted by atomic mass is 9.88. The molecule has 0 aliphatic carbocycles. The molecule has 0 bridgehead atoms. The summed E-state index contributed by atoms with van der Waals surface area (Å²) in [6.45, 7) is 10.4. The number of para-hydroxylation sites is 1. The number of amides is 2. The van der Waals surface area contributed by atoms with E-state index in [1.54, 1.807) is 18.0 Å². The van der Waals surface area contributed by atoms with Gasteiger partial charge in [-0.05, 0) is 37.0 Å². The highest BCUT2D eigenvalue weighted by Crippen LogP contribution is 2.29. The standard InChI is InChI=1S/C20H24F2N4OS2/c1-12(20(3,4)5)9-23-13(2)11-28-16-10-24-19(29-16)26-18(27)25-17-14(21)7-6-8-15(17)22/h6-10H,11H2,1-5H3,(H2,24,25,26,27)/b12-9+,23-13?. The zero-order valence-corrected chi connectivity index (χ0v) is 18.6. The fourth-order valence-corrected chi connectivity index (χ4v) is 3.60. The zero-order chi connectivity index (χ0) is 21.6. The molecule has 0 saturated carbocycles. The Kier molecular flexibility index (Phi) is 7.92. The number of hydrogen-bond acceptors (Lipinski definition) is 5. The molecule has 0 unspecified atom stereocenters. The summed E-state index contributed by atoms with van der Waals surface area (Å²) in [6.07, 6.45) is 3.53. The second-order valence-corrected chi connectivity index (χ2v) is 9.68. The van der Waals surface area contributed by atoms with Gasteiger partial charge in [0.1, 0.15) is 17.3 Å². The van der Waals surface area contributed by atoms with Crippen LogP contribution in [-0.2, 0) is 0 Å². The maximum Gasteiger partial charge on any atom is 0.325 e. The zero-order valence-electron chi connectivity index (χ0n) is 17.0. The van der Waals surface area contributed by atoms with Gasteiger partial charge in [-0.25, -0.2) is 18.6 Å². The van der Waals surface area contributed by atoms with Crippen molar-refractivity contribution in [1.82, 2.24) is 4.98 Å². The molecular weight excluding hydrogens is 414 g/mol. The average Bonchev–Trinajstić information content (AvgIpc) is 3.07. The summed E-state index contributed by atoms with van der Waals surface area (Å²) in [6, 6.07) is 2.60. The summed E-state index contributed by atoms with van der Waals surface area (Å²) in [4.78, 5) is 20.6. The van der Waals surface area contributed by atoms with Gasteiger partial charge in [0.15, 0.2) is 5.13 Å². The number of thioether (sulfide) groups is 1. The average molecular weight is 439 g/mol. The molecule has 156 valence electrons. The molecule has 0 aliphatic rings. The van der Waals surface area contributed by atoms with E-state index in [-0.39, 0.29) is 5.41 Å². The Morgan fingerprint density at radius 3 is 2.52 bits per heavy atom. The van der Waals surface area contributed by atoms with Crippen molar-refractivity contribution in [1.29, 1.82) is 0 Å². The Balaban J connectivity index is 1.90. The number of anilines is 2. The number of nitrogens with one attached hydrogen (secondary N) is 2. The van der Waals surface area contributed by atoms with Gasteiger partial charge in [0.25, 0.3) is 0 Å². The molecule has 0 aliphatic heterocycles. The molecule has 0 atom stereocenters. The maximum atomic E-state index is 13.6. The normalized spacial score (nSPS) is 12.8. The van der Waals surface area contributed by atoms with Crippen molar-refractivity contribution in [2.45, 2.75) is 38.8 Å². The first-order valence-electron chi connectivity index (χ1n) is 8.87. The number of carbonyl (C=O) groups is 1. The van der Waals surface area contributed by atoms with E-state index in [0.717, 1.165) is 22.1 Å². The minimum atomic E-state index is -0.846. The molecule has 5 nitrogen and oxygen atoms in total. The smallest absolute Gasteiger partial charge is 0.302 e. The lowest BCUT2D eigenvalue weighted by Gasteiger charge is -2.18. The maximum absolute atomic E-state index is 13.6. The highest BCUT2D eigenvalue weighted by molar-refractivity contribution is 8.01. The van der Waals surface area contributed by atoms with Gasteiger partial charge < -0.3 is 5.32 Å². The second kappa shape index (κ2) is 9.98. The van der Waals surface area contributed by atoms with Crippen molar-refractivity contribution >= 4 is 45.7 Å². The van der Waals surface area contributed by atoms with Crippen molar-refractivity contribution < 1.29 is 13.6 Å². The molecule has 1 heterocycles. The number of thiazole rings is 1. The Hall–Kier alpha value is -2.26. The van der Waals surface area contributed by atoms with Crippen LogP contribution in [0.5, 0.6) is 0 Å². The number of urea groups is 1. The SMILES string of the molecule is CC(CSc1cnc(NC(=O)Nc2c(F)cccc2F)s1)=N/C=C(\C)C(C)(C)C. The number of aliphatic imine (C=N–C) groups is 1. The van der Waals surface area contributed by atoms with E-state index < -0.39 is 23.4 Å². The molecule has 0 saturated heterocycles. The minimum Gasteiger partial charge on any atom is -0.302 e. The van der Waals surface area contributed by atoms with E-state index in [4.69, 9.17) is 0 Å². The van der Waals surface area contributed by atoms with E-state index in [1.807, 2.05) is 13.1 Å². The van der Waals surface area contributed by atoms with E-state index >= 15 is 0 Å². The van der Waals surface area contributed by atoms with Crippen LogP contribution >= 0.6 is 23.1 Å². The van der Waals surface area contributed by atoms with Crippen LogP contribution in [0.4, 0.5) is 24.4 Å². The molecule has 1 aromatic heterocycles. The molecular formula is C20H24F2N4OS2. The van der Waals surface area contributed by atoms with Gasteiger partial charge in [-0.2, -0.15) is 0 Å². The van der Waals surface area contributed by atoms with Crippen molar-refractivity contribution in [2.75, 3.05) is 16.4 Å².